The molecule has 0 aliphatic heterocycles. The van der Waals surface area contributed by atoms with Crippen molar-refractivity contribution in [1.82, 2.24) is 9.97 Å². The number of H-pyrrole nitrogens is 1. The molecule has 0 bridgehead atoms. The number of anilines is 2. The highest BCUT2D eigenvalue weighted by Crippen LogP contribution is 2.12. The van der Waals surface area contributed by atoms with Gasteiger partial charge in [-0.15, -0.1) is 0 Å². The van der Waals surface area contributed by atoms with Crippen molar-refractivity contribution in [3.63, 3.8) is 0 Å². The summed E-state index contributed by atoms with van der Waals surface area (Å²) in [4.78, 5) is 30.5. The first kappa shape index (κ1) is 15.8. The zero-order valence-corrected chi connectivity index (χ0v) is 12.7. The van der Waals surface area contributed by atoms with Crippen LogP contribution < -0.4 is 10.9 Å². The molecule has 6 nitrogen and oxygen atoms in total. The maximum absolute atomic E-state index is 12.1. The van der Waals surface area contributed by atoms with E-state index in [1.54, 1.807) is 13.8 Å². The van der Waals surface area contributed by atoms with E-state index < -0.39 is 0 Å². The average Bonchev–Trinajstić information content (AvgIpc) is 2.47. The van der Waals surface area contributed by atoms with Crippen LogP contribution in [0, 0.1) is 6.92 Å². The third-order valence-electron chi connectivity index (χ3n) is 3.14. The molecule has 0 fully saturated rings. The Morgan fingerprint density at radius 1 is 1.32 bits per heavy atom. The highest BCUT2D eigenvalue weighted by Gasteiger charge is 2.11. The van der Waals surface area contributed by atoms with Crippen molar-refractivity contribution in [2.24, 2.45) is 0 Å². The van der Waals surface area contributed by atoms with Crippen LogP contribution in [0.5, 0.6) is 0 Å². The van der Waals surface area contributed by atoms with Crippen LogP contribution in [0.2, 0.25) is 0 Å². The predicted molar refractivity (Wildman–Crippen MR) is 84.3 cm³/mol. The van der Waals surface area contributed by atoms with E-state index in [1.807, 2.05) is 30.3 Å². The van der Waals surface area contributed by atoms with Crippen molar-refractivity contribution in [1.29, 1.82) is 0 Å². The molecule has 0 amide bonds. The second-order valence-corrected chi connectivity index (χ2v) is 4.77. The maximum atomic E-state index is 12.1. The number of para-hydroxylation sites is 1. The summed E-state index contributed by atoms with van der Waals surface area (Å²) in [5.74, 6) is 0.0707. The fourth-order valence-corrected chi connectivity index (χ4v) is 2.08. The second-order valence-electron chi connectivity index (χ2n) is 4.77. The van der Waals surface area contributed by atoms with E-state index >= 15 is 0 Å². The van der Waals surface area contributed by atoms with Gasteiger partial charge in [-0.05, 0) is 32.4 Å². The van der Waals surface area contributed by atoms with E-state index in [9.17, 15) is 9.59 Å². The standard InChI is InChI=1S/C16H19N3O3/c1-3-22-14(20)10-9-13-11(2)17-16(19-15(13)21)18-12-7-5-4-6-8-12/h4-8H,3,9-10H2,1-2H3,(H2,17,18,19,21). The van der Waals surface area contributed by atoms with Crippen molar-refractivity contribution in [2.75, 3.05) is 11.9 Å². The van der Waals surface area contributed by atoms with Crippen LogP contribution in [0.4, 0.5) is 11.6 Å². The number of aryl methyl sites for hydroxylation is 1. The molecule has 22 heavy (non-hydrogen) atoms. The first-order valence-electron chi connectivity index (χ1n) is 7.17. The number of hydrogen-bond donors (Lipinski definition) is 2. The highest BCUT2D eigenvalue weighted by atomic mass is 16.5. The average molecular weight is 301 g/mol. The molecule has 0 saturated carbocycles. The molecule has 0 atom stereocenters. The van der Waals surface area contributed by atoms with Crippen LogP contribution in [-0.4, -0.2) is 22.5 Å². The predicted octanol–water partition coefficient (Wildman–Crippen LogP) is 2.32. The van der Waals surface area contributed by atoms with Gasteiger partial charge in [0.1, 0.15) is 0 Å². The Labute approximate surface area is 128 Å². The molecule has 1 aromatic heterocycles. The lowest BCUT2D eigenvalue weighted by Gasteiger charge is -2.09. The second kappa shape index (κ2) is 7.40. The number of ether oxygens (including phenoxy) is 1. The number of nitrogens with one attached hydrogen (secondary N) is 2. The number of carbonyl (C=O) groups is 1. The zero-order valence-electron chi connectivity index (χ0n) is 12.7. The molecule has 1 heterocycles. The Hall–Kier alpha value is -2.63. The molecule has 1 aromatic carbocycles. The van der Waals surface area contributed by atoms with Gasteiger partial charge in [-0.25, -0.2) is 4.98 Å². The molecule has 0 aliphatic carbocycles. The molecule has 2 N–H and O–H groups in total. The Morgan fingerprint density at radius 2 is 2.05 bits per heavy atom. The quantitative estimate of drug-likeness (QED) is 0.800. The van der Waals surface area contributed by atoms with Crippen molar-refractivity contribution >= 4 is 17.6 Å². The molecular weight excluding hydrogens is 282 g/mol. The highest BCUT2D eigenvalue weighted by molar-refractivity contribution is 5.69. The molecule has 0 aliphatic rings. The van der Waals surface area contributed by atoms with Crippen LogP contribution in [0.15, 0.2) is 35.1 Å². The summed E-state index contributed by atoms with van der Waals surface area (Å²) in [6.07, 6.45) is 0.490. The Morgan fingerprint density at radius 3 is 2.68 bits per heavy atom. The van der Waals surface area contributed by atoms with Crippen LogP contribution >= 0.6 is 0 Å². The molecular formula is C16H19N3O3. The van der Waals surface area contributed by atoms with E-state index in [0.29, 0.717) is 30.2 Å². The van der Waals surface area contributed by atoms with Gasteiger partial charge in [-0.3, -0.25) is 14.6 Å². The van der Waals surface area contributed by atoms with Gasteiger partial charge in [0.25, 0.3) is 5.56 Å². The lowest BCUT2D eigenvalue weighted by Crippen LogP contribution is -2.19. The number of nitrogens with zero attached hydrogens (tertiary/aromatic N) is 1. The number of benzene rings is 1. The lowest BCUT2D eigenvalue weighted by molar-refractivity contribution is -0.143. The van der Waals surface area contributed by atoms with Gasteiger partial charge in [-0.2, -0.15) is 0 Å². The largest absolute Gasteiger partial charge is 0.466 e. The molecule has 0 spiro atoms. The minimum absolute atomic E-state index is 0.172. The van der Waals surface area contributed by atoms with Crippen molar-refractivity contribution in [3.05, 3.63) is 51.9 Å². The van der Waals surface area contributed by atoms with Crippen molar-refractivity contribution < 1.29 is 9.53 Å². The van der Waals surface area contributed by atoms with Crippen LogP contribution in [0.25, 0.3) is 0 Å². The van der Waals surface area contributed by atoms with Crippen LogP contribution in [-0.2, 0) is 16.0 Å². The van der Waals surface area contributed by atoms with E-state index in [1.165, 1.54) is 0 Å². The number of carbonyl (C=O) groups excluding carboxylic acids is 1. The number of aromatic amines is 1. The summed E-state index contributed by atoms with van der Waals surface area (Å²) in [5, 5.41) is 3.04. The molecule has 2 aromatic rings. The van der Waals surface area contributed by atoms with E-state index in [2.05, 4.69) is 15.3 Å². The van der Waals surface area contributed by atoms with Gasteiger partial charge in [0.2, 0.25) is 5.95 Å². The van der Waals surface area contributed by atoms with Crippen LogP contribution in [0.1, 0.15) is 24.6 Å². The summed E-state index contributed by atoms with van der Waals surface area (Å²) >= 11 is 0. The van der Waals surface area contributed by atoms with Crippen LogP contribution in [0.3, 0.4) is 0 Å². The Balaban J connectivity index is 2.11. The van der Waals surface area contributed by atoms with Crippen molar-refractivity contribution in [2.45, 2.75) is 26.7 Å². The number of esters is 1. The first-order valence-corrected chi connectivity index (χ1v) is 7.17. The van der Waals surface area contributed by atoms with Gasteiger partial charge in [0.15, 0.2) is 0 Å². The number of aromatic nitrogens is 2. The summed E-state index contributed by atoms with van der Waals surface area (Å²) in [7, 11) is 0. The van der Waals surface area contributed by atoms with Gasteiger partial charge in [-0.1, -0.05) is 18.2 Å². The molecule has 0 radical (unpaired) electrons. The molecule has 6 heteroatoms. The Kier molecular flexibility index (Phi) is 5.30. The lowest BCUT2D eigenvalue weighted by atomic mass is 10.1. The van der Waals surface area contributed by atoms with Gasteiger partial charge in [0, 0.05) is 23.4 Å². The maximum Gasteiger partial charge on any atom is 0.306 e. The minimum atomic E-state index is -0.312. The number of rotatable bonds is 6. The topological polar surface area (TPSA) is 84.1 Å². The Bertz CT molecular complexity index is 696. The van der Waals surface area contributed by atoms with E-state index in [4.69, 9.17) is 4.74 Å². The number of hydrogen-bond acceptors (Lipinski definition) is 5. The third kappa shape index (κ3) is 4.18. The molecule has 2 rings (SSSR count). The smallest absolute Gasteiger partial charge is 0.306 e. The minimum Gasteiger partial charge on any atom is -0.466 e. The summed E-state index contributed by atoms with van der Waals surface area (Å²) < 4.78 is 4.86. The fourth-order valence-electron chi connectivity index (χ4n) is 2.08. The zero-order chi connectivity index (χ0) is 15.9. The summed E-state index contributed by atoms with van der Waals surface area (Å²) in [6, 6.07) is 9.45. The molecule has 0 unspecified atom stereocenters. The first-order chi connectivity index (χ1) is 10.6. The normalized spacial score (nSPS) is 10.3. The van der Waals surface area contributed by atoms with Crippen molar-refractivity contribution in [3.8, 4) is 0 Å². The van der Waals surface area contributed by atoms with Gasteiger partial charge >= 0.3 is 5.97 Å². The van der Waals surface area contributed by atoms with E-state index in [-0.39, 0.29) is 17.9 Å². The van der Waals surface area contributed by atoms with Gasteiger partial charge < -0.3 is 10.1 Å². The monoisotopic (exact) mass is 301 g/mol. The summed E-state index contributed by atoms with van der Waals surface area (Å²) in [5.41, 5.74) is 1.71. The SMILES string of the molecule is CCOC(=O)CCc1c(C)nc(Nc2ccccc2)[nH]c1=O. The molecule has 116 valence electrons. The summed E-state index contributed by atoms with van der Waals surface area (Å²) in [6.45, 7) is 3.85. The third-order valence-corrected chi connectivity index (χ3v) is 3.14. The van der Waals surface area contributed by atoms with E-state index in [0.717, 1.165) is 5.69 Å². The van der Waals surface area contributed by atoms with Gasteiger partial charge in [0.05, 0.1) is 6.61 Å². The fraction of sp³-hybridized carbons (Fsp3) is 0.312. The molecule has 0 saturated heterocycles.